The summed E-state index contributed by atoms with van der Waals surface area (Å²) in [6, 6.07) is 24.2. The van der Waals surface area contributed by atoms with E-state index in [4.69, 9.17) is 28.4 Å². The van der Waals surface area contributed by atoms with Crippen LogP contribution in [0.3, 0.4) is 0 Å². The number of ether oxygens (including phenoxy) is 6. The third kappa shape index (κ3) is 5.39. The summed E-state index contributed by atoms with van der Waals surface area (Å²) in [6.07, 6.45) is 2.40. The van der Waals surface area contributed by atoms with E-state index in [1.807, 2.05) is 60.7 Å². The Hall–Kier alpha value is -5.24. The molecular weight excluding hydrogens is 548 g/mol. The Morgan fingerprint density at radius 3 is 2.37 bits per heavy atom. The van der Waals surface area contributed by atoms with Gasteiger partial charge in [0.2, 0.25) is 5.78 Å². The van der Waals surface area contributed by atoms with E-state index in [2.05, 4.69) is 0 Å². The zero-order valence-corrected chi connectivity index (χ0v) is 24.0. The van der Waals surface area contributed by atoms with Crippen LogP contribution in [0, 0.1) is 0 Å². The molecule has 0 bridgehead atoms. The number of carbonyl (C=O) groups excluding carboxylic acids is 2. The van der Waals surface area contributed by atoms with Crippen molar-refractivity contribution in [3.8, 4) is 34.5 Å². The highest BCUT2D eigenvalue weighted by Gasteiger charge is 2.39. The van der Waals surface area contributed by atoms with Gasteiger partial charge in [0, 0.05) is 29.0 Å². The van der Waals surface area contributed by atoms with Crippen LogP contribution >= 0.6 is 0 Å². The van der Waals surface area contributed by atoms with Gasteiger partial charge in [-0.1, -0.05) is 42.5 Å². The molecule has 0 aromatic heterocycles. The molecule has 1 atom stereocenters. The number of esters is 1. The third-order valence-corrected chi connectivity index (χ3v) is 7.60. The van der Waals surface area contributed by atoms with Crippen molar-refractivity contribution in [3.63, 3.8) is 0 Å². The number of fused-ring (bicyclic) bond motifs is 3. The second-order valence-electron chi connectivity index (χ2n) is 10.1. The molecule has 8 heteroatoms. The molecule has 43 heavy (non-hydrogen) atoms. The van der Waals surface area contributed by atoms with Crippen LogP contribution in [0.4, 0.5) is 0 Å². The summed E-state index contributed by atoms with van der Waals surface area (Å²) in [7, 11) is 4.73. The molecule has 0 radical (unpaired) electrons. The number of hydrogen-bond donors (Lipinski definition) is 0. The average molecular weight is 579 g/mol. The van der Waals surface area contributed by atoms with E-state index in [1.165, 1.54) is 7.11 Å². The van der Waals surface area contributed by atoms with E-state index < -0.39 is 5.92 Å². The summed E-state index contributed by atoms with van der Waals surface area (Å²) in [6.45, 7) is 0.435. The van der Waals surface area contributed by atoms with E-state index in [1.54, 1.807) is 38.5 Å². The highest BCUT2D eigenvalue weighted by atomic mass is 16.5. The third-order valence-electron chi connectivity index (χ3n) is 7.60. The smallest absolute Gasteiger partial charge is 0.312 e. The first kappa shape index (κ1) is 27.9. The van der Waals surface area contributed by atoms with Crippen molar-refractivity contribution in [2.24, 2.45) is 0 Å². The van der Waals surface area contributed by atoms with Crippen LogP contribution in [-0.4, -0.2) is 39.7 Å². The number of rotatable bonds is 9. The first-order valence-electron chi connectivity index (χ1n) is 13.9. The molecule has 4 aromatic carbocycles. The zero-order chi connectivity index (χ0) is 29.9. The predicted molar refractivity (Wildman–Crippen MR) is 160 cm³/mol. The molecule has 218 valence electrons. The number of ketones is 1. The Morgan fingerprint density at radius 1 is 0.814 bits per heavy atom. The summed E-state index contributed by atoms with van der Waals surface area (Å²) in [5, 5.41) is 0. The van der Waals surface area contributed by atoms with Gasteiger partial charge in [0.15, 0.2) is 17.3 Å². The molecule has 0 saturated carbocycles. The summed E-state index contributed by atoms with van der Waals surface area (Å²) < 4.78 is 34.3. The summed E-state index contributed by atoms with van der Waals surface area (Å²) in [5.74, 6) is 2.26. The van der Waals surface area contributed by atoms with Gasteiger partial charge in [0.1, 0.15) is 23.0 Å². The maximum Gasteiger partial charge on any atom is 0.312 e. The minimum atomic E-state index is -0.443. The Kier molecular flexibility index (Phi) is 7.75. The van der Waals surface area contributed by atoms with Crippen LogP contribution in [-0.2, 0) is 11.2 Å². The van der Waals surface area contributed by atoms with Crippen LogP contribution in [0.5, 0.6) is 34.5 Å². The summed E-state index contributed by atoms with van der Waals surface area (Å²) in [5.41, 5.74) is 3.59. The lowest BCUT2D eigenvalue weighted by Gasteiger charge is -2.27. The number of methoxy groups -OCH3 is 3. The second kappa shape index (κ2) is 11.9. The monoisotopic (exact) mass is 578 g/mol. The fourth-order valence-electron chi connectivity index (χ4n) is 5.51. The predicted octanol–water partition coefficient (Wildman–Crippen LogP) is 6.39. The fraction of sp³-hybridized carbons (Fsp3) is 0.200. The average Bonchev–Trinajstić information content (AvgIpc) is 3.35. The lowest BCUT2D eigenvalue weighted by Crippen LogP contribution is -2.22. The van der Waals surface area contributed by atoms with Crippen LogP contribution in [0.25, 0.3) is 6.08 Å². The standard InChI is InChI=1S/C35H30O8/c1-38-23-13-11-21(12-14-23)17-18-41-27-9-5-4-8-24(27)26-20-31(36)42-28-16-15-25-33(37)30(43-35(25)32(26)28)19-22-7-6-10-29(39-2)34(22)40-3/h4-16,19,26H,17-18,20H2,1-3H3. The van der Waals surface area contributed by atoms with Gasteiger partial charge in [-0.3, -0.25) is 9.59 Å². The maximum atomic E-state index is 13.5. The molecule has 6 rings (SSSR count). The van der Waals surface area contributed by atoms with Crippen molar-refractivity contribution in [1.29, 1.82) is 0 Å². The molecule has 8 nitrogen and oxygen atoms in total. The molecule has 2 heterocycles. The van der Waals surface area contributed by atoms with E-state index in [9.17, 15) is 9.59 Å². The van der Waals surface area contributed by atoms with Gasteiger partial charge in [-0.25, -0.2) is 0 Å². The number of Topliss-reactive ketones (excluding diaryl/α,β-unsaturated/α-hetero) is 1. The summed E-state index contributed by atoms with van der Waals surface area (Å²) >= 11 is 0. The van der Waals surface area contributed by atoms with Crippen molar-refractivity contribution in [1.82, 2.24) is 0 Å². The highest BCUT2D eigenvalue weighted by molar-refractivity contribution is 6.15. The van der Waals surface area contributed by atoms with E-state index in [0.29, 0.717) is 58.5 Å². The van der Waals surface area contributed by atoms with E-state index in [0.717, 1.165) is 16.9 Å². The highest BCUT2D eigenvalue weighted by Crippen LogP contribution is 2.50. The van der Waals surface area contributed by atoms with Crippen molar-refractivity contribution >= 4 is 17.8 Å². The van der Waals surface area contributed by atoms with E-state index >= 15 is 0 Å². The molecule has 2 aliphatic heterocycles. The molecule has 2 aliphatic rings. The van der Waals surface area contributed by atoms with Crippen molar-refractivity contribution in [2.75, 3.05) is 27.9 Å². The Balaban J connectivity index is 1.33. The molecule has 0 aliphatic carbocycles. The number of benzene rings is 4. The van der Waals surface area contributed by atoms with Gasteiger partial charge in [0.05, 0.1) is 39.9 Å². The normalized spacial score (nSPS) is 16.2. The van der Waals surface area contributed by atoms with Gasteiger partial charge in [0.25, 0.3) is 0 Å². The maximum absolute atomic E-state index is 13.5. The van der Waals surface area contributed by atoms with Crippen LogP contribution in [0.2, 0.25) is 0 Å². The first-order chi connectivity index (χ1) is 21.0. The van der Waals surface area contributed by atoms with Crippen molar-refractivity contribution in [3.05, 3.63) is 112 Å². The van der Waals surface area contributed by atoms with Gasteiger partial charge in [-0.2, -0.15) is 0 Å². The molecule has 0 spiro atoms. The van der Waals surface area contributed by atoms with Crippen molar-refractivity contribution in [2.45, 2.75) is 18.8 Å². The molecule has 0 amide bonds. The Morgan fingerprint density at radius 2 is 1.60 bits per heavy atom. The lowest BCUT2D eigenvalue weighted by molar-refractivity contribution is -0.135. The summed E-state index contributed by atoms with van der Waals surface area (Å²) in [4.78, 5) is 26.3. The first-order valence-corrected chi connectivity index (χ1v) is 13.9. The van der Waals surface area contributed by atoms with Gasteiger partial charge in [-0.15, -0.1) is 0 Å². The quantitative estimate of drug-likeness (QED) is 0.128. The molecule has 1 unspecified atom stereocenters. The number of para-hydroxylation sites is 2. The number of carbonyl (C=O) groups is 2. The molecule has 4 aromatic rings. The zero-order valence-electron chi connectivity index (χ0n) is 24.0. The van der Waals surface area contributed by atoms with Gasteiger partial charge >= 0.3 is 5.97 Å². The Bertz CT molecular complexity index is 1720. The van der Waals surface area contributed by atoms with Crippen LogP contribution in [0.1, 0.15) is 45.0 Å². The number of allylic oxidation sites excluding steroid dienone is 1. The lowest BCUT2D eigenvalue weighted by atomic mass is 9.84. The number of hydrogen-bond acceptors (Lipinski definition) is 8. The topological polar surface area (TPSA) is 89.5 Å². The Labute approximate surface area is 249 Å². The fourth-order valence-corrected chi connectivity index (χ4v) is 5.51. The van der Waals surface area contributed by atoms with Gasteiger partial charge in [-0.05, 0) is 48.0 Å². The largest absolute Gasteiger partial charge is 0.497 e. The molecular formula is C35H30O8. The minimum absolute atomic E-state index is 0.0720. The van der Waals surface area contributed by atoms with Crippen molar-refractivity contribution < 1.29 is 38.0 Å². The SMILES string of the molecule is COc1ccc(CCOc2ccccc2C2CC(=O)Oc3ccc4c(c32)OC(=Cc2cccc(OC)c2OC)C4=O)cc1. The molecule has 0 saturated heterocycles. The van der Waals surface area contributed by atoms with Crippen LogP contribution in [0.15, 0.2) is 84.6 Å². The van der Waals surface area contributed by atoms with Crippen LogP contribution < -0.4 is 28.4 Å². The van der Waals surface area contributed by atoms with Gasteiger partial charge < -0.3 is 28.4 Å². The molecule has 0 fully saturated rings. The molecule has 0 N–H and O–H groups in total. The van der Waals surface area contributed by atoms with E-state index in [-0.39, 0.29) is 23.9 Å². The minimum Gasteiger partial charge on any atom is -0.497 e. The second-order valence-corrected chi connectivity index (χ2v) is 10.1.